The van der Waals surface area contributed by atoms with Gasteiger partial charge in [0.05, 0.1) is 17.6 Å². The minimum Gasteiger partial charge on any atom is -0.490 e. The number of methoxy groups -OCH3 is 1. The zero-order valence-electron chi connectivity index (χ0n) is 8.34. The SMILES string of the molecule is COc1cccc([C@@H](N)CN)c1[N+](=O)[O-]. The van der Waals surface area contributed by atoms with E-state index in [4.69, 9.17) is 16.2 Å². The molecule has 1 aromatic rings. The van der Waals surface area contributed by atoms with Crippen molar-refractivity contribution >= 4 is 5.69 Å². The van der Waals surface area contributed by atoms with E-state index in [0.29, 0.717) is 5.56 Å². The molecule has 0 aliphatic rings. The summed E-state index contributed by atoms with van der Waals surface area (Å²) in [6, 6.07) is 4.19. The second-order valence-corrected chi connectivity index (χ2v) is 3.00. The number of para-hydroxylation sites is 1. The van der Waals surface area contributed by atoms with Gasteiger partial charge in [-0.2, -0.15) is 0 Å². The Hall–Kier alpha value is -1.66. The molecule has 0 spiro atoms. The van der Waals surface area contributed by atoms with Crippen molar-refractivity contribution in [3.05, 3.63) is 33.9 Å². The third kappa shape index (κ3) is 2.23. The summed E-state index contributed by atoms with van der Waals surface area (Å²) >= 11 is 0. The van der Waals surface area contributed by atoms with Crippen LogP contribution < -0.4 is 16.2 Å². The zero-order chi connectivity index (χ0) is 11.4. The topological polar surface area (TPSA) is 104 Å². The van der Waals surface area contributed by atoms with Crippen LogP contribution in [-0.2, 0) is 0 Å². The molecule has 6 nitrogen and oxygen atoms in total. The molecule has 0 saturated heterocycles. The van der Waals surface area contributed by atoms with E-state index in [-0.39, 0.29) is 18.0 Å². The summed E-state index contributed by atoms with van der Waals surface area (Å²) in [5.74, 6) is 0.196. The molecule has 1 rings (SSSR count). The Morgan fingerprint density at radius 2 is 2.27 bits per heavy atom. The van der Waals surface area contributed by atoms with Gasteiger partial charge in [-0.15, -0.1) is 0 Å². The molecule has 1 atom stereocenters. The van der Waals surface area contributed by atoms with Crippen LogP contribution in [0.5, 0.6) is 5.75 Å². The highest BCUT2D eigenvalue weighted by atomic mass is 16.6. The Balaban J connectivity index is 3.31. The molecule has 0 bridgehead atoms. The quantitative estimate of drug-likeness (QED) is 0.559. The molecule has 0 unspecified atom stereocenters. The summed E-state index contributed by atoms with van der Waals surface area (Å²) in [7, 11) is 1.38. The van der Waals surface area contributed by atoms with E-state index in [1.54, 1.807) is 12.1 Å². The van der Waals surface area contributed by atoms with Gasteiger partial charge in [0.2, 0.25) is 0 Å². The fourth-order valence-corrected chi connectivity index (χ4v) is 1.33. The Kier molecular flexibility index (Phi) is 3.59. The predicted octanol–water partition coefficient (Wildman–Crippen LogP) is 0.562. The number of nitrogens with zero attached hydrogens (tertiary/aromatic N) is 1. The van der Waals surface area contributed by atoms with Crippen molar-refractivity contribution < 1.29 is 9.66 Å². The van der Waals surface area contributed by atoms with Crippen molar-refractivity contribution in [1.29, 1.82) is 0 Å². The molecule has 0 aliphatic carbocycles. The fraction of sp³-hybridized carbons (Fsp3) is 0.333. The van der Waals surface area contributed by atoms with Gasteiger partial charge in [0.15, 0.2) is 5.75 Å². The summed E-state index contributed by atoms with van der Waals surface area (Å²) in [4.78, 5) is 10.3. The van der Waals surface area contributed by atoms with Crippen LogP contribution in [-0.4, -0.2) is 18.6 Å². The van der Waals surface area contributed by atoms with E-state index >= 15 is 0 Å². The highest BCUT2D eigenvalue weighted by molar-refractivity contribution is 5.54. The highest BCUT2D eigenvalue weighted by Gasteiger charge is 2.23. The predicted molar refractivity (Wildman–Crippen MR) is 55.6 cm³/mol. The second-order valence-electron chi connectivity index (χ2n) is 3.00. The lowest BCUT2D eigenvalue weighted by atomic mass is 10.1. The van der Waals surface area contributed by atoms with Crippen molar-refractivity contribution in [2.75, 3.05) is 13.7 Å². The highest BCUT2D eigenvalue weighted by Crippen LogP contribution is 2.33. The molecule has 0 saturated carbocycles. The summed E-state index contributed by atoms with van der Waals surface area (Å²) < 4.78 is 4.90. The first kappa shape index (κ1) is 11.4. The maximum absolute atomic E-state index is 10.9. The van der Waals surface area contributed by atoms with Gasteiger partial charge in [-0.1, -0.05) is 12.1 Å². The monoisotopic (exact) mass is 211 g/mol. The molecule has 0 radical (unpaired) electrons. The van der Waals surface area contributed by atoms with Gasteiger partial charge in [-0.25, -0.2) is 0 Å². The van der Waals surface area contributed by atoms with Gasteiger partial charge < -0.3 is 16.2 Å². The third-order valence-electron chi connectivity index (χ3n) is 2.09. The molecule has 0 fully saturated rings. The number of nitro benzene ring substituents is 1. The van der Waals surface area contributed by atoms with Crippen molar-refractivity contribution in [3.63, 3.8) is 0 Å². The van der Waals surface area contributed by atoms with Gasteiger partial charge in [0.25, 0.3) is 0 Å². The molecular formula is C9H13N3O3. The number of hydrogen-bond donors (Lipinski definition) is 2. The van der Waals surface area contributed by atoms with E-state index in [1.807, 2.05) is 0 Å². The Morgan fingerprint density at radius 1 is 1.60 bits per heavy atom. The molecule has 82 valence electrons. The van der Waals surface area contributed by atoms with Gasteiger partial charge >= 0.3 is 5.69 Å². The van der Waals surface area contributed by atoms with E-state index in [9.17, 15) is 10.1 Å². The summed E-state index contributed by atoms with van der Waals surface area (Å²) in [6.45, 7) is 0.147. The third-order valence-corrected chi connectivity index (χ3v) is 2.09. The van der Waals surface area contributed by atoms with Crippen LogP contribution in [0.15, 0.2) is 18.2 Å². The zero-order valence-corrected chi connectivity index (χ0v) is 8.34. The van der Waals surface area contributed by atoms with Crippen molar-refractivity contribution in [1.82, 2.24) is 0 Å². The number of benzene rings is 1. The molecule has 6 heteroatoms. The molecule has 0 aromatic heterocycles. The lowest BCUT2D eigenvalue weighted by molar-refractivity contribution is -0.386. The van der Waals surface area contributed by atoms with Crippen molar-refractivity contribution in [2.24, 2.45) is 11.5 Å². The van der Waals surface area contributed by atoms with Crippen molar-refractivity contribution in [3.8, 4) is 5.75 Å². The van der Waals surface area contributed by atoms with E-state index in [1.165, 1.54) is 13.2 Å². The molecule has 0 aliphatic heterocycles. The second kappa shape index (κ2) is 4.72. The smallest absolute Gasteiger partial charge is 0.315 e. The van der Waals surface area contributed by atoms with Crippen LogP contribution in [0.3, 0.4) is 0 Å². The fourth-order valence-electron chi connectivity index (χ4n) is 1.33. The van der Waals surface area contributed by atoms with Crippen molar-refractivity contribution in [2.45, 2.75) is 6.04 Å². The van der Waals surface area contributed by atoms with Crippen LogP contribution in [0.4, 0.5) is 5.69 Å². The Morgan fingerprint density at radius 3 is 2.73 bits per heavy atom. The number of ether oxygens (including phenoxy) is 1. The van der Waals surface area contributed by atoms with Crippen LogP contribution >= 0.6 is 0 Å². The summed E-state index contributed by atoms with van der Waals surface area (Å²) in [6.07, 6.45) is 0. The number of nitrogens with two attached hydrogens (primary N) is 2. The van der Waals surface area contributed by atoms with Crippen LogP contribution in [0.25, 0.3) is 0 Å². The number of rotatable bonds is 4. The number of nitro groups is 1. The van der Waals surface area contributed by atoms with Crippen LogP contribution in [0, 0.1) is 10.1 Å². The Bertz CT molecular complexity index is 368. The molecule has 0 amide bonds. The van der Waals surface area contributed by atoms with Gasteiger partial charge in [-0.3, -0.25) is 10.1 Å². The molecule has 1 aromatic carbocycles. The first-order valence-electron chi connectivity index (χ1n) is 4.38. The Labute approximate surface area is 87.0 Å². The van der Waals surface area contributed by atoms with Gasteiger partial charge in [0.1, 0.15) is 0 Å². The average Bonchev–Trinajstić information content (AvgIpc) is 2.26. The maximum Gasteiger partial charge on any atom is 0.315 e. The molecule has 4 N–H and O–H groups in total. The maximum atomic E-state index is 10.9. The molecule has 15 heavy (non-hydrogen) atoms. The van der Waals surface area contributed by atoms with Crippen LogP contribution in [0.1, 0.15) is 11.6 Å². The number of hydrogen-bond acceptors (Lipinski definition) is 5. The first-order chi connectivity index (χ1) is 7.11. The minimum atomic E-state index is -0.555. The van der Waals surface area contributed by atoms with Gasteiger partial charge in [0, 0.05) is 12.6 Å². The molecule has 0 heterocycles. The van der Waals surface area contributed by atoms with Gasteiger partial charge in [-0.05, 0) is 6.07 Å². The summed E-state index contributed by atoms with van der Waals surface area (Å²) in [5, 5.41) is 10.9. The lowest BCUT2D eigenvalue weighted by Gasteiger charge is -2.11. The first-order valence-corrected chi connectivity index (χ1v) is 4.38. The standard InChI is InChI=1S/C9H13N3O3/c1-15-8-4-2-3-6(7(11)5-10)9(8)12(13)14/h2-4,7H,5,10-11H2,1H3/t7-/m0/s1. The van der Waals surface area contributed by atoms with E-state index in [0.717, 1.165) is 0 Å². The summed E-state index contributed by atoms with van der Waals surface area (Å²) in [5.41, 5.74) is 11.3. The largest absolute Gasteiger partial charge is 0.490 e. The minimum absolute atomic E-state index is 0.113. The van der Waals surface area contributed by atoms with E-state index < -0.39 is 11.0 Å². The van der Waals surface area contributed by atoms with Crippen LogP contribution in [0.2, 0.25) is 0 Å². The average molecular weight is 211 g/mol. The lowest BCUT2D eigenvalue weighted by Crippen LogP contribution is -2.21. The molecular weight excluding hydrogens is 198 g/mol. The normalized spacial score (nSPS) is 12.2. The van der Waals surface area contributed by atoms with E-state index in [2.05, 4.69) is 0 Å².